The number of nitrogens with zero attached hydrogens (tertiary/aromatic N) is 4. The van der Waals surface area contributed by atoms with Crippen LogP contribution in [0.1, 0.15) is 36.6 Å². The Morgan fingerprint density at radius 1 is 1.00 bits per heavy atom. The van der Waals surface area contributed by atoms with Gasteiger partial charge in [-0.05, 0) is 37.8 Å². The summed E-state index contributed by atoms with van der Waals surface area (Å²) in [4.78, 5) is 36.3. The van der Waals surface area contributed by atoms with Crippen molar-refractivity contribution in [3.63, 3.8) is 0 Å². The van der Waals surface area contributed by atoms with Crippen LogP contribution in [-0.2, 0) is 9.59 Å². The summed E-state index contributed by atoms with van der Waals surface area (Å²) >= 11 is 1.77. The molecule has 3 aliphatic rings. The summed E-state index contributed by atoms with van der Waals surface area (Å²) in [7, 11) is 0. The minimum absolute atomic E-state index is 0.140. The Balaban J connectivity index is 1.10. The van der Waals surface area contributed by atoms with Gasteiger partial charge >= 0.3 is 0 Å². The highest BCUT2D eigenvalue weighted by atomic mass is 32.1. The first kappa shape index (κ1) is 20.8. The van der Waals surface area contributed by atoms with E-state index in [1.54, 1.807) is 11.3 Å². The SMILES string of the molecule is O=C(CN1CCN(CC(=O)N2CCC[C@H](c3nc4ccccc4s3)C2)CC1)NC1CC1. The van der Waals surface area contributed by atoms with Crippen LogP contribution in [0.2, 0.25) is 0 Å². The Bertz CT molecular complexity index is 902. The van der Waals surface area contributed by atoms with E-state index in [1.807, 2.05) is 11.0 Å². The fourth-order valence-electron chi connectivity index (χ4n) is 4.57. The van der Waals surface area contributed by atoms with E-state index >= 15 is 0 Å². The molecule has 1 N–H and O–H groups in total. The van der Waals surface area contributed by atoms with Crippen molar-refractivity contribution < 1.29 is 9.59 Å². The maximum absolute atomic E-state index is 13.0. The molecule has 1 saturated carbocycles. The van der Waals surface area contributed by atoms with Gasteiger partial charge in [0.25, 0.3) is 0 Å². The fourth-order valence-corrected chi connectivity index (χ4v) is 5.66. The van der Waals surface area contributed by atoms with Crippen molar-refractivity contribution >= 4 is 33.4 Å². The summed E-state index contributed by atoms with van der Waals surface area (Å²) in [5.41, 5.74) is 1.06. The number of carbonyl (C=O) groups excluding carboxylic acids is 2. The Hall–Kier alpha value is -2.03. The number of hydrogen-bond acceptors (Lipinski definition) is 6. The summed E-state index contributed by atoms with van der Waals surface area (Å²) < 4.78 is 1.23. The molecular formula is C23H31N5O2S. The second kappa shape index (κ2) is 9.22. The molecule has 1 aromatic carbocycles. The number of thiazole rings is 1. The first-order chi connectivity index (χ1) is 15.1. The van der Waals surface area contributed by atoms with Crippen LogP contribution >= 0.6 is 11.3 Å². The predicted molar refractivity (Wildman–Crippen MR) is 122 cm³/mol. The molecule has 5 rings (SSSR count). The number of benzene rings is 1. The van der Waals surface area contributed by atoms with Gasteiger partial charge in [0.2, 0.25) is 11.8 Å². The van der Waals surface area contributed by atoms with E-state index in [-0.39, 0.29) is 11.8 Å². The molecule has 1 aliphatic carbocycles. The number of carbonyl (C=O) groups is 2. The Morgan fingerprint density at radius 3 is 2.48 bits per heavy atom. The number of piperazine rings is 1. The molecule has 31 heavy (non-hydrogen) atoms. The van der Waals surface area contributed by atoms with Crippen molar-refractivity contribution in [2.24, 2.45) is 0 Å². The van der Waals surface area contributed by atoms with Gasteiger partial charge in [-0.3, -0.25) is 19.4 Å². The molecule has 3 fully saturated rings. The number of fused-ring (bicyclic) bond motifs is 1. The zero-order valence-electron chi connectivity index (χ0n) is 18.0. The summed E-state index contributed by atoms with van der Waals surface area (Å²) in [6.45, 7) is 5.97. The largest absolute Gasteiger partial charge is 0.352 e. The van der Waals surface area contributed by atoms with Gasteiger partial charge in [-0.2, -0.15) is 0 Å². The molecule has 2 saturated heterocycles. The van der Waals surface area contributed by atoms with Crippen molar-refractivity contribution in [1.82, 2.24) is 25.0 Å². The molecule has 2 amide bonds. The third-order valence-electron chi connectivity index (χ3n) is 6.57. The van der Waals surface area contributed by atoms with Gasteiger partial charge in [-0.1, -0.05) is 12.1 Å². The van der Waals surface area contributed by atoms with Gasteiger partial charge < -0.3 is 10.2 Å². The van der Waals surface area contributed by atoms with E-state index in [0.717, 1.165) is 75.5 Å². The molecule has 7 nitrogen and oxygen atoms in total. The van der Waals surface area contributed by atoms with Crippen molar-refractivity contribution in [2.45, 2.75) is 37.6 Å². The molecule has 0 unspecified atom stereocenters. The quantitative estimate of drug-likeness (QED) is 0.742. The van der Waals surface area contributed by atoms with Gasteiger partial charge in [-0.15, -0.1) is 11.3 Å². The van der Waals surface area contributed by atoms with Crippen LogP contribution < -0.4 is 5.32 Å². The highest BCUT2D eigenvalue weighted by molar-refractivity contribution is 7.18. The second-order valence-corrected chi connectivity index (χ2v) is 10.2. The van der Waals surface area contributed by atoms with E-state index in [0.29, 0.717) is 25.0 Å². The number of para-hydroxylation sites is 1. The van der Waals surface area contributed by atoms with Crippen molar-refractivity contribution in [2.75, 3.05) is 52.4 Å². The molecule has 8 heteroatoms. The van der Waals surface area contributed by atoms with Gasteiger partial charge in [0.15, 0.2) is 0 Å². The summed E-state index contributed by atoms with van der Waals surface area (Å²) in [6.07, 6.45) is 4.39. The van der Waals surface area contributed by atoms with Crippen LogP contribution in [0.15, 0.2) is 24.3 Å². The molecule has 2 aliphatic heterocycles. The van der Waals surface area contributed by atoms with Crippen LogP contribution in [0.3, 0.4) is 0 Å². The first-order valence-corrected chi connectivity index (χ1v) is 12.3. The van der Waals surface area contributed by atoms with E-state index in [2.05, 4.69) is 33.3 Å². The normalized spacial score (nSPS) is 23.2. The number of nitrogens with one attached hydrogen (secondary N) is 1. The fraction of sp³-hybridized carbons (Fsp3) is 0.609. The monoisotopic (exact) mass is 441 g/mol. The molecule has 1 aromatic heterocycles. The number of piperidine rings is 1. The molecule has 0 radical (unpaired) electrons. The summed E-state index contributed by atoms with van der Waals surface area (Å²) in [6, 6.07) is 8.69. The minimum Gasteiger partial charge on any atom is -0.352 e. The van der Waals surface area contributed by atoms with E-state index in [9.17, 15) is 9.59 Å². The smallest absolute Gasteiger partial charge is 0.236 e. The third kappa shape index (κ3) is 5.25. The number of aromatic nitrogens is 1. The van der Waals surface area contributed by atoms with Crippen LogP contribution in [0.25, 0.3) is 10.2 Å². The van der Waals surface area contributed by atoms with Crippen molar-refractivity contribution in [3.05, 3.63) is 29.3 Å². The highest BCUT2D eigenvalue weighted by Gasteiger charge is 2.29. The molecular weight excluding hydrogens is 410 g/mol. The minimum atomic E-state index is 0.140. The maximum atomic E-state index is 13.0. The average Bonchev–Trinajstić information content (AvgIpc) is 3.48. The molecule has 166 valence electrons. The average molecular weight is 442 g/mol. The Morgan fingerprint density at radius 2 is 1.74 bits per heavy atom. The first-order valence-electron chi connectivity index (χ1n) is 11.5. The molecule has 0 spiro atoms. The van der Waals surface area contributed by atoms with Crippen molar-refractivity contribution in [1.29, 1.82) is 0 Å². The lowest BCUT2D eigenvalue weighted by atomic mass is 9.98. The van der Waals surface area contributed by atoms with Gasteiger partial charge in [0, 0.05) is 51.2 Å². The zero-order valence-corrected chi connectivity index (χ0v) is 18.8. The van der Waals surface area contributed by atoms with Crippen LogP contribution in [0.5, 0.6) is 0 Å². The number of hydrogen-bond donors (Lipinski definition) is 1. The molecule has 0 bridgehead atoms. The highest BCUT2D eigenvalue weighted by Crippen LogP contribution is 2.33. The van der Waals surface area contributed by atoms with Crippen LogP contribution in [0.4, 0.5) is 0 Å². The van der Waals surface area contributed by atoms with Gasteiger partial charge in [0.05, 0.1) is 28.3 Å². The summed E-state index contributed by atoms with van der Waals surface area (Å²) in [5.74, 6) is 0.712. The topological polar surface area (TPSA) is 68.8 Å². The number of amides is 2. The maximum Gasteiger partial charge on any atom is 0.236 e. The van der Waals surface area contributed by atoms with Crippen LogP contribution in [-0.4, -0.2) is 89.9 Å². The number of likely N-dealkylation sites (tertiary alicyclic amines) is 1. The van der Waals surface area contributed by atoms with Crippen molar-refractivity contribution in [3.8, 4) is 0 Å². The number of rotatable bonds is 6. The summed E-state index contributed by atoms with van der Waals surface area (Å²) in [5, 5.41) is 4.22. The molecule has 2 aromatic rings. The Kier molecular flexibility index (Phi) is 6.20. The molecule has 1 atom stereocenters. The van der Waals surface area contributed by atoms with Crippen LogP contribution in [0, 0.1) is 0 Å². The lowest BCUT2D eigenvalue weighted by Gasteiger charge is -2.37. The second-order valence-electron chi connectivity index (χ2n) is 9.09. The lowest BCUT2D eigenvalue weighted by Crippen LogP contribution is -2.52. The zero-order chi connectivity index (χ0) is 21.2. The molecule has 3 heterocycles. The van der Waals surface area contributed by atoms with E-state index < -0.39 is 0 Å². The predicted octanol–water partition coefficient (Wildman–Crippen LogP) is 1.90. The Labute approximate surface area is 187 Å². The van der Waals surface area contributed by atoms with Gasteiger partial charge in [-0.25, -0.2) is 4.98 Å². The van der Waals surface area contributed by atoms with E-state index in [1.165, 1.54) is 4.70 Å². The van der Waals surface area contributed by atoms with E-state index in [4.69, 9.17) is 4.98 Å². The third-order valence-corrected chi connectivity index (χ3v) is 7.77. The lowest BCUT2D eigenvalue weighted by molar-refractivity contribution is -0.134. The standard InChI is InChI=1S/C23H31N5O2S/c29-21(24-18-7-8-18)15-26-10-12-27(13-11-26)16-22(30)28-9-3-4-17(14-28)23-25-19-5-1-2-6-20(19)31-23/h1-2,5-6,17-18H,3-4,7-16H2,(H,24,29)/t17-/m0/s1. The van der Waals surface area contributed by atoms with Gasteiger partial charge in [0.1, 0.15) is 0 Å².